The number of aliphatic hydroxyl groups is 2. The van der Waals surface area contributed by atoms with E-state index in [2.05, 4.69) is 25.3 Å². The number of aliphatic hydroxyl groups excluding tert-OH is 2. The Morgan fingerprint density at radius 2 is 1.81 bits per heavy atom. The highest BCUT2D eigenvalue weighted by Crippen LogP contribution is 2.61. The van der Waals surface area contributed by atoms with E-state index in [1.165, 1.54) is 0 Å². The molecule has 6 unspecified atom stereocenters. The third kappa shape index (κ3) is 8.40. The fraction of sp³-hybridized carbons (Fsp3) is 0.524. The van der Waals surface area contributed by atoms with E-state index >= 15 is 0 Å². The highest BCUT2D eigenvalue weighted by molar-refractivity contribution is 6.03. The van der Waals surface area contributed by atoms with Crippen molar-refractivity contribution in [1.82, 2.24) is 4.90 Å². The fourth-order valence-corrected chi connectivity index (χ4v) is 8.37. The zero-order valence-electron chi connectivity index (χ0n) is 31.0. The fourth-order valence-electron chi connectivity index (χ4n) is 8.37. The molecule has 1 fully saturated rings. The largest absolute Gasteiger partial charge is 0.497 e. The molecule has 0 aromatic heterocycles. The number of fused-ring (bicyclic) bond motifs is 2. The topological polar surface area (TPSA) is 119 Å². The number of benzene rings is 2. The number of unbranched alkanes of at least 4 members (excludes halogenated alkanes) is 2. The molecule has 52 heavy (non-hydrogen) atoms. The number of amides is 1. The minimum atomic E-state index is -1.30. The van der Waals surface area contributed by atoms with E-state index < -0.39 is 11.8 Å². The maximum atomic E-state index is 14.3. The molecule has 3 aliphatic rings. The van der Waals surface area contributed by atoms with Crippen LogP contribution < -0.4 is 14.2 Å². The lowest BCUT2D eigenvalue weighted by molar-refractivity contribution is -0.255. The SMILES string of the molecule is C=CCOc1ccc2c(c1)C1C(CCCCO)C(CCCCO)C=C3C(=NOCC)CC(N(C)C(=O)Cc4cccc(OC)c4)C(OCC=C)(O2)C31. The molecule has 2 aromatic rings. The molecule has 10 heteroatoms. The number of carbonyl (C=O) groups is 1. The molecule has 2 aliphatic carbocycles. The van der Waals surface area contributed by atoms with Crippen molar-refractivity contribution in [3.8, 4) is 17.2 Å². The molecule has 0 bridgehead atoms. The summed E-state index contributed by atoms with van der Waals surface area (Å²) in [5, 5.41) is 24.3. The molecule has 2 aromatic carbocycles. The standard InChI is InChI=1S/C42H56N2O8/c1-6-22-49-32-18-19-37-35(27-32)40-33(17-10-12-21-46)30(15-9-11-20-45)26-34-36(43-51-8-3)28-38(42(52-37,41(34)40)50-23-7-2)44(4)39(47)25-29-14-13-16-31(24-29)48-5/h6-7,13-14,16,18-19,24,26-27,30,33,38,40-41,45-46H,1-2,8-12,15,17,20-23,25,28H2,3-5H3. The van der Waals surface area contributed by atoms with Crippen LogP contribution in [0.25, 0.3) is 0 Å². The summed E-state index contributed by atoms with van der Waals surface area (Å²) in [7, 11) is 3.43. The van der Waals surface area contributed by atoms with Gasteiger partial charge in [0.1, 0.15) is 36.5 Å². The number of methoxy groups -OCH3 is 1. The summed E-state index contributed by atoms with van der Waals surface area (Å²) in [6.45, 7) is 10.9. The normalized spacial score (nSPS) is 25.2. The highest BCUT2D eigenvalue weighted by atomic mass is 16.7. The Hall–Kier alpha value is -4.12. The number of nitrogens with zero attached hydrogens (tertiary/aromatic N) is 2. The van der Waals surface area contributed by atoms with Gasteiger partial charge in [-0.3, -0.25) is 4.79 Å². The Balaban J connectivity index is 1.71. The smallest absolute Gasteiger partial charge is 0.239 e. The molecular formula is C42H56N2O8. The number of allylic oxidation sites excluding steroid dienone is 1. The Labute approximate surface area is 308 Å². The third-order valence-corrected chi connectivity index (χ3v) is 10.7. The van der Waals surface area contributed by atoms with Crippen molar-refractivity contribution in [2.24, 2.45) is 22.9 Å². The zero-order chi connectivity index (χ0) is 37.1. The predicted molar refractivity (Wildman–Crippen MR) is 202 cm³/mol. The Morgan fingerprint density at radius 1 is 1.04 bits per heavy atom. The van der Waals surface area contributed by atoms with Crippen molar-refractivity contribution in [3.63, 3.8) is 0 Å². The van der Waals surface area contributed by atoms with Crippen LogP contribution in [0.3, 0.4) is 0 Å². The highest BCUT2D eigenvalue weighted by Gasteiger charge is 2.65. The van der Waals surface area contributed by atoms with Crippen LogP contribution in [-0.2, 0) is 20.8 Å². The molecule has 0 saturated heterocycles. The van der Waals surface area contributed by atoms with Crippen LogP contribution in [0.1, 0.15) is 68.9 Å². The molecular weight excluding hydrogens is 660 g/mol. The number of likely N-dealkylation sites (N-methyl/N-ethyl adjacent to an activating group) is 1. The summed E-state index contributed by atoms with van der Waals surface area (Å²) in [5.74, 6) is 0.490. The van der Waals surface area contributed by atoms with Crippen molar-refractivity contribution in [2.75, 3.05) is 47.2 Å². The molecule has 1 saturated carbocycles. The van der Waals surface area contributed by atoms with E-state index in [1.807, 2.05) is 50.4 Å². The van der Waals surface area contributed by atoms with Crippen LogP contribution in [-0.4, -0.2) is 85.8 Å². The van der Waals surface area contributed by atoms with Gasteiger partial charge >= 0.3 is 0 Å². The molecule has 0 spiro atoms. The average molecular weight is 717 g/mol. The molecule has 1 amide bonds. The first-order valence-electron chi connectivity index (χ1n) is 18.7. The van der Waals surface area contributed by atoms with Gasteiger partial charge < -0.3 is 38.9 Å². The van der Waals surface area contributed by atoms with E-state index in [1.54, 1.807) is 24.2 Å². The first-order valence-corrected chi connectivity index (χ1v) is 18.7. The Morgan fingerprint density at radius 3 is 2.52 bits per heavy atom. The quantitative estimate of drug-likeness (QED) is 0.0893. The third-order valence-electron chi connectivity index (χ3n) is 10.7. The molecule has 2 N–H and O–H groups in total. The lowest BCUT2D eigenvalue weighted by atomic mass is 9.55. The van der Waals surface area contributed by atoms with Crippen LogP contribution in [0.15, 0.2) is 84.6 Å². The molecule has 1 heterocycles. The van der Waals surface area contributed by atoms with Gasteiger partial charge in [-0.1, -0.05) is 54.9 Å². The summed E-state index contributed by atoms with van der Waals surface area (Å²) < 4.78 is 25.6. The summed E-state index contributed by atoms with van der Waals surface area (Å²) >= 11 is 0. The van der Waals surface area contributed by atoms with Crippen molar-refractivity contribution < 1.29 is 38.8 Å². The predicted octanol–water partition coefficient (Wildman–Crippen LogP) is 6.61. The van der Waals surface area contributed by atoms with Crippen LogP contribution in [0.5, 0.6) is 17.2 Å². The molecule has 10 nitrogen and oxygen atoms in total. The molecule has 5 rings (SSSR count). The van der Waals surface area contributed by atoms with Crippen LogP contribution in [0.4, 0.5) is 0 Å². The Bertz CT molecular complexity index is 1590. The Kier molecular flexibility index (Phi) is 14.0. The maximum absolute atomic E-state index is 14.3. The van der Waals surface area contributed by atoms with Gasteiger partial charge in [0.15, 0.2) is 0 Å². The van der Waals surface area contributed by atoms with Crippen LogP contribution in [0, 0.1) is 17.8 Å². The summed E-state index contributed by atoms with van der Waals surface area (Å²) in [6, 6.07) is 12.9. The molecule has 282 valence electrons. The zero-order valence-corrected chi connectivity index (χ0v) is 31.0. The van der Waals surface area contributed by atoms with Gasteiger partial charge in [0, 0.05) is 38.2 Å². The van der Waals surface area contributed by atoms with Gasteiger partial charge in [-0.15, -0.1) is 6.58 Å². The number of hydrogen-bond acceptors (Lipinski definition) is 9. The van der Waals surface area contributed by atoms with Crippen molar-refractivity contribution >= 4 is 11.6 Å². The molecule has 0 radical (unpaired) electrons. The lowest BCUT2D eigenvalue weighted by Gasteiger charge is -2.59. The molecule has 1 aliphatic heterocycles. The second-order valence-electron chi connectivity index (χ2n) is 13.8. The van der Waals surface area contributed by atoms with E-state index in [0.717, 1.165) is 48.1 Å². The van der Waals surface area contributed by atoms with Gasteiger partial charge in [0.05, 0.1) is 31.8 Å². The van der Waals surface area contributed by atoms with Crippen LogP contribution >= 0.6 is 0 Å². The number of hydrogen-bond donors (Lipinski definition) is 2. The van der Waals surface area contributed by atoms with Gasteiger partial charge in [0.2, 0.25) is 11.7 Å². The minimum Gasteiger partial charge on any atom is -0.497 e. The van der Waals surface area contributed by atoms with E-state index in [-0.39, 0.29) is 55.8 Å². The van der Waals surface area contributed by atoms with E-state index in [4.69, 9.17) is 28.9 Å². The number of rotatable bonds is 20. The average Bonchev–Trinajstić information content (AvgIpc) is 3.16. The maximum Gasteiger partial charge on any atom is 0.239 e. The summed E-state index contributed by atoms with van der Waals surface area (Å²) in [4.78, 5) is 21.8. The number of carbonyl (C=O) groups excluding carboxylic acids is 1. The second-order valence-corrected chi connectivity index (χ2v) is 13.8. The van der Waals surface area contributed by atoms with Crippen molar-refractivity contribution in [3.05, 3.63) is 90.6 Å². The van der Waals surface area contributed by atoms with Crippen LogP contribution in [0.2, 0.25) is 0 Å². The van der Waals surface area contributed by atoms with Gasteiger partial charge in [-0.2, -0.15) is 0 Å². The summed E-state index contributed by atoms with van der Waals surface area (Å²) in [5.41, 5.74) is 3.62. The van der Waals surface area contributed by atoms with Gasteiger partial charge in [-0.25, -0.2) is 0 Å². The molecule has 6 atom stereocenters. The second kappa shape index (κ2) is 18.6. The van der Waals surface area contributed by atoms with E-state index in [9.17, 15) is 15.0 Å². The van der Waals surface area contributed by atoms with Gasteiger partial charge in [-0.05, 0) is 85.9 Å². The summed E-state index contributed by atoms with van der Waals surface area (Å²) in [6.07, 6.45) is 11.1. The first kappa shape index (κ1) is 39.1. The number of oxime groups is 1. The first-order chi connectivity index (χ1) is 25.3. The van der Waals surface area contributed by atoms with E-state index in [0.29, 0.717) is 49.7 Å². The minimum absolute atomic E-state index is 0.0978. The van der Waals surface area contributed by atoms with Crippen molar-refractivity contribution in [2.45, 2.75) is 76.0 Å². The van der Waals surface area contributed by atoms with Gasteiger partial charge in [0.25, 0.3) is 0 Å². The monoisotopic (exact) mass is 716 g/mol. The van der Waals surface area contributed by atoms with Crippen molar-refractivity contribution in [1.29, 1.82) is 0 Å². The number of ether oxygens (including phenoxy) is 4. The lowest BCUT2D eigenvalue weighted by Crippen LogP contribution is -2.69.